The Balaban J connectivity index is 2.42. The summed E-state index contributed by atoms with van der Waals surface area (Å²) in [6.07, 6.45) is 7.27. The topological polar surface area (TPSA) is 58.9 Å². The Morgan fingerprint density at radius 2 is 1.60 bits per heavy atom. The first-order valence-corrected chi connectivity index (χ1v) is 8.62. The molecule has 0 radical (unpaired) electrons. The van der Waals surface area contributed by atoms with E-state index in [0.29, 0.717) is 11.4 Å². The van der Waals surface area contributed by atoms with E-state index in [4.69, 9.17) is 0 Å². The highest BCUT2D eigenvalue weighted by molar-refractivity contribution is 5.56. The molecule has 2 aromatic rings. The van der Waals surface area contributed by atoms with Crippen molar-refractivity contribution in [2.24, 2.45) is 9.98 Å². The smallest absolute Gasteiger partial charge is 0.211 e. The lowest BCUT2D eigenvalue weighted by Gasteiger charge is -2.19. The number of unbranched alkanes of at least 4 members (excludes halogenated alkanes) is 1. The predicted octanol–water partition coefficient (Wildman–Crippen LogP) is 5.51. The van der Waals surface area contributed by atoms with Crippen molar-refractivity contribution >= 4 is 23.5 Å². The molecular weight excluding hydrogens is 312 g/mol. The van der Waals surface area contributed by atoms with E-state index in [9.17, 15) is 9.59 Å². The average Bonchev–Trinajstić information content (AvgIpc) is 2.64. The van der Waals surface area contributed by atoms with Gasteiger partial charge in [0.2, 0.25) is 12.2 Å². The molecule has 1 atom stereocenters. The van der Waals surface area contributed by atoms with E-state index in [2.05, 4.69) is 29.9 Å². The number of aryl methyl sites for hydroxylation is 1. The summed E-state index contributed by atoms with van der Waals surface area (Å²) < 4.78 is 0. The van der Waals surface area contributed by atoms with Gasteiger partial charge in [-0.05, 0) is 47.7 Å². The molecule has 0 aliphatic heterocycles. The molecular formula is C21H22N2O2. The van der Waals surface area contributed by atoms with Crippen molar-refractivity contribution in [2.75, 3.05) is 0 Å². The van der Waals surface area contributed by atoms with Crippen LogP contribution >= 0.6 is 0 Å². The number of rotatable bonds is 8. The van der Waals surface area contributed by atoms with Crippen LogP contribution in [0.2, 0.25) is 0 Å². The maximum atomic E-state index is 10.6. The highest BCUT2D eigenvalue weighted by atomic mass is 16.1. The number of nitrogens with zero attached hydrogens (tertiary/aromatic N) is 2. The second-order valence-electron chi connectivity index (χ2n) is 5.93. The molecule has 0 saturated heterocycles. The Morgan fingerprint density at radius 3 is 2.20 bits per heavy atom. The standard InChI is InChI=1S/C21H22N2O2/c1-3-5-6-20(17-7-10-19(11-8-17)22-14-24)18-9-12-21(23-15-25)16(4-2)13-18/h7-13,20H,3-6H2,1-2H3. The summed E-state index contributed by atoms with van der Waals surface area (Å²) in [6, 6.07) is 13.8. The van der Waals surface area contributed by atoms with Crippen molar-refractivity contribution in [2.45, 2.75) is 45.4 Å². The predicted molar refractivity (Wildman–Crippen MR) is 99.2 cm³/mol. The minimum absolute atomic E-state index is 0.258. The Hall–Kier alpha value is -2.80. The van der Waals surface area contributed by atoms with E-state index in [1.807, 2.05) is 36.4 Å². The molecule has 2 aromatic carbocycles. The molecule has 128 valence electrons. The third kappa shape index (κ3) is 4.84. The van der Waals surface area contributed by atoms with E-state index in [0.717, 1.165) is 31.2 Å². The van der Waals surface area contributed by atoms with Crippen LogP contribution in [-0.4, -0.2) is 12.2 Å². The molecule has 0 N–H and O–H groups in total. The number of hydrogen-bond donors (Lipinski definition) is 0. The van der Waals surface area contributed by atoms with Crippen molar-refractivity contribution in [3.63, 3.8) is 0 Å². The van der Waals surface area contributed by atoms with Gasteiger partial charge in [-0.25, -0.2) is 9.59 Å². The van der Waals surface area contributed by atoms with Crippen molar-refractivity contribution in [1.82, 2.24) is 0 Å². The summed E-state index contributed by atoms with van der Waals surface area (Å²) in [4.78, 5) is 28.4. The molecule has 25 heavy (non-hydrogen) atoms. The van der Waals surface area contributed by atoms with Crippen LogP contribution in [0.4, 0.5) is 11.4 Å². The van der Waals surface area contributed by atoms with Gasteiger partial charge >= 0.3 is 0 Å². The number of isocyanates is 2. The highest BCUT2D eigenvalue weighted by Gasteiger charge is 2.15. The molecule has 0 aromatic heterocycles. The number of carbonyl (C=O) groups excluding carboxylic acids is 2. The zero-order chi connectivity index (χ0) is 18.1. The first-order valence-electron chi connectivity index (χ1n) is 8.62. The Morgan fingerprint density at radius 1 is 0.920 bits per heavy atom. The monoisotopic (exact) mass is 334 g/mol. The number of benzene rings is 2. The van der Waals surface area contributed by atoms with Gasteiger partial charge in [-0.2, -0.15) is 9.98 Å². The molecule has 0 aliphatic carbocycles. The molecule has 0 bridgehead atoms. The van der Waals surface area contributed by atoms with Crippen LogP contribution in [0.25, 0.3) is 0 Å². The van der Waals surface area contributed by atoms with E-state index in [1.54, 1.807) is 12.2 Å². The first kappa shape index (κ1) is 18.5. The number of hydrogen-bond acceptors (Lipinski definition) is 4. The maximum absolute atomic E-state index is 10.6. The fraction of sp³-hybridized carbons (Fsp3) is 0.333. The summed E-state index contributed by atoms with van der Waals surface area (Å²) in [5.74, 6) is 0.258. The zero-order valence-corrected chi connectivity index (χ0v) is 14.7. The van der Waals surface area contributed by atoms with Gasteiger partial charge < -0.3 is 0 Å². The molecule has 0 spiro atoms. The third-order valence-corrected chi connectivity index (χ3v) is 4.37. The maximum Gasteiger partial charge on any atom is 0.240 e. The summed E-state index contributed by atoms with van der Waals surface area (Å²) in [5.41, 5.74) is 4.74. The molecule has 0 fully saturated rings. The fourth-order valence-electron chi connectivity index (χ4n) is 3.03. The minimum Gasteiger partial charge on any atom is -0.211 e. The summed E-state index contributed by atoms with van der Waals surface area (Å²) in [7, 11) is 0. The molecule has 1 unspecified atom stereocenters. The van der Waals surface area contributed by atoms with E-state index in [-0.39, 0.29) is 5.92 Å². The van der Waals surface area contributed by atoms with Gasteiger partial charge in [-0.15, -0.1) is 0 Å². The minimum atomic E-state index is 0.258. The van der Waals surface area contributed by atoms with Crippen LogP contribution in [0.3, 0.4) is 0 Å². The second kappa shape index (κ2) is 9.48. The normalized spacial score (nSPS) is 11.3. The van der Waals surface area contributed by atoms with Crippen LogP contribution in [0.1, 0.15) is 55.7 Å². The Bertz CT molecular complexity index is 799. The summed E-state index contributed by atoms with van der Waals surface area (Å²) in [6.45, 7) is 4.23. The van der Waals surface area contributed by atoms with Crippen molar-refractivity contribution in [3.8, 4) is 0 Å². The van der Waals surface area contributed by atoms with Crippen LogP contribution in [0.15, 0.2) is 52.4 Å². The van der Waals surface area contributed by atoms with Gasteiger partial charge in [0.1, 0.15) is 0 Å². The van der Waals surface area contributed by atoms with Crippen LogP contribution in [0, 0.1) is 0 Å². The quantitative estimate of drug-likeness (QED) is 0.472. The lowest BCUT2D eigenvalue weighted by molar-refractivity contribution is 0.564. The van der Waals surface area contributed by atoms with E-state index in [1.165, 1.54) is 11.1 Å². The van der Waals surface area contributed by atoms with Crippen molar-refractivity contribution in [1.29, 1.82) is 0 Å². The van der Waals surface area contributed by atoms with Crippen LogP contribution < -0.4 is 0 Å². The van der Waals surface area contributed by atoms with Gasteiger partial charge in [0.25, 0.3) is 0 Å². The molecule has 0 heterocycles. The van der Waals surface area contributed by atoms with Crippen molar-refractivity contribution < 1.29 is 9.59 Å². The largest absolute Gasteiger partial charge is 0.240 e. The van der Waals surface area contributed by atoms with Crippen molar-refractivity contribution in [3.05, 3.63) is 59.2 Å². The molecule has 0 aliphatic rings. The average molecular weight is 334 g/mol. The van der Waals surface area contributed by atoms with Gasteiger partial charge in [-0.3, -0.25) is 0 Å². The van der Waals surface area contributed by atoms with E-state index >= 15 is 0 Å². The molecule has 2 rings (SSSR count). The Kier molecular flexibility index (Phi) is 7.03. The third-order valence-electron chi connectivity index (χ3n) is 4.37. The van der Waals surface area contributed by atoms with Gasteiger partial charge in [0.15, 0.2) is 0 Å². The highest BCUT2D eigenvalue weighted by Crippen LogP contribution is 2.33. The summed E-state index contributed by atoms with van der Waals surface area (Å²) >= 11 is 0. The molecule has 0 amide bonds. The number of aliphatic imine (C=N–C) groups is 2. The Labute approximate surface area is 148 Å². The molecule has 4 nitrogen and oxygen atoms in total. The van der Waals surface area contributed by atoms with Gasteiger partial charge in [0, 0.05) is 5.92 Å². The second-order valence-corrected chi connectivity index (χ2v) is 5.93. The molecule has 4 heteroatoms. The van der Waals surface area contributed by atoms with Crippen LogP contribution in [0.5, 0.6) is 0 Å². The van der Waals surface area contributed by atoms with Crippen LogP contribution in [-0.2, 0) is 16.0 Å². The van der Waals surface area contributed by atoms with Gasteiger partial charge in [0.05, 0.1) is 11.4 Å². The zero-order valence-electron chi connectivity index (χ0n) is 14.7. The molecule has 0 saturated carbocycles. The fourth-order valence-corrected chi connectivity index (χ4v) is 3.03. The lowest BCUT2D eigenvalue weighted by Crippen LogP contribution is -2.02. The SMILES string of the molecule is CCCCC(c1ccc(N=C=O)cc1)c1ccc(N=C=O)c(CC)c1. The van der Waals surface area contributed by atoms with E-state index < -0.39 is 0 Å². The van der Waals surface area contributed by atoms with Gasteiger partial charge in [-0.1, -0.05) is 51.0 Å². The summed E-state index contributed by atoms with van der Waals surface area (Å²) in [5, 5.41) is 0. The lowest BCUT2D eigenvalue weighted by atomic mass is 9.86. The first-order chi connectivity index (χ1) is 12.2.